The Labute approximate surface area is 155 Å². The number of rotatable bonds is 3. The van der Waals surface area contributed by atoms with Crippen LogP contribution in [0.25, 0.3) is 20.4 Å². The highest BCUT2D eigenvalue weighted by molar-refractivity contribution is 7.26. The number of aryl methyl sites for hydroxylation is 3. The summed E-state index contributed by atoms with van der Waals surface area (Å²) in [5.74, 6) is 1.72. The average molecular weight is 377 g/mol. The van der Waals surface area contributed by atoms with Crippen molar-refractivity contribution >= 4 is 49.2 Å². The molecule has 0 atom stereocenters. The van der Waals surface area contributed by atoms with Gasteiger partial charge < -0.3 is 9.73 Å². The fourth-order valence-corrected chi connectivity index (χ4v) is 4.23. The largest absolute Gasteiger partial charge is 0.467 e. The molecule has 5 nitrogen and oxygen atoms in total. The van der Waals surface area contributed by atoms with Gasteiger partial charge in [0, 0.05) is 12.4 Å². The van der Waals surface area contributed by atoms with E-state index in [0.29, 0.717) is 6.54 Å². The summed E-state index contributed by atoms with van der Waals surface area (Å²) < 4.78 is 8.34. The fourth-order valence-electron chi connectivity index (χ4n) is 2.82. The number of furan rings is 1. The lowest BCUT2D eigenvalue weighted by Gasteiger charge is -2.04. The van der Waals surface area contributed by atoms with E-state index in [0.717, 1.165) is 48.3 Å². The van der Waals surface area contributed by atoms with Crippen LogP contribution in [0.2, 0.25) is 5.02 Å². The van der Waals surface area contributed by atoms with E-state index in [1.54, 1.807) is 17.6 Å². The molecule has 0 unspecified atom stereocenters. The van der Waals surface area contributed by atoms with Crippen LogP contribution in [0.5, 0.6) is 0 Å². The Morgan fingerprint density at radius 2 is 2.08 bits per heavy atom. The lowest BCUT2D eigenvalue weighted by atomic mass is 10.1. The van der Waals surface area contributed by atoms with Gasteiger partial charge in [0.15, 0.2) is 5.82 Å². The summed E-state index contributed by atoms with van der Waals surface area (Å²) in [6.45, 7) is 8.57. The van der Waals surface area contributed by atoms with Crippen molar-refractivity contribution in [3.63, 3.8) is 0 Å². The van der Waals surface area contributed by atoms with Gasteiger partial charge in [0.2, 0.25) is 0 Å². The molecular weight excluding hydrogens is 356 g/mol. The number of pyridine rings is 1. The van der Waals surface area contributed by atoms with Gasteiger partial charge in [-0.15, -0.1) is 11.3 Å². The number of halogens is 1. The second-order valence-electron chi connectivity index (χ2n) is 5.50. The zero-order valence-electron chi connectivity index (χ0n) is 15.0. The van der Waals surface area contributed by atoms with Crippen LogP contribution in [0.1, 0.15) is 30.9 Å². The number of anilines is 1. The second-order valence-corrected chi connectivity index (χ2v) is 6.88. The van der Waals surface area contributed by atoms with Gasteiger partial charge in [-0.2, -0.15) is 5.10 Å². The zero-order chi connectivity index (χ0) is 18.1. The molecule has 0 spiro atoms. The van der Waals surface area contributed by atoms with E-state index in [4.69, 9.17) is 16.0 Å². The van der Waals surface area contributed by atoms with Crippen LogP contribution in [-0.2, 0) is 13.6 Å². The first kappa shape index (κ1) is 17.8. The van der Waals surface area contributed by atoms with Crippen molar-refractivity contribution in [3.8, 4) is 0 Å². The minimum absolute atomic E-state index is 0.597. The molecule has 0 aliphatic heterocycles. The zero-order valence-corrected chi connectivity index (χ0v) is 16.5. The van der Waals surface area contributed by atoms with Gasteiger partial charge in [0.1, 0.15) is 10.6 Å². The van der Waals surface area contributed by atoms with Gasteiger partial charge >= 0.3 is 0 Å². The van der Waals surface area contributed by atoms with Crippen molar-refractivity contribution in [2.75, 3.05) is 5.32 Å². The summed E-state index contributed by atoms with van der Waals surface area (Å²) in [4.78, 5) is 5.63. The molecule has 0 fully saturated rings. The van der Waals surface area contributed by atoms with Gasteiger partial charge in [0.25, 0.3) is 0 Å². The van der Waals surface area contributed by atoms with Crippen molar-refractivity contribution in [1.29, 1.82) is 0 Å². The number of hydrogen-bond acceptors (Lipinski definition) is 5. The molecule has 4 rings (SSSR count). The second kappa shape index (κ2) is 7.06. The number of thiophene rings is 1. The Balaban J connectivity index is 0.000000880. The van der Waals surface area contributed by atoms with Crippen LogP contribution in [0.15, 0.2) is 22.8 Å². The summed E-state index contributed by atoms with van der Waals surface area (Å²) in [6, 6.07) is 3.81. The van der Waals surface area contributed by atoms with Crippen LogP contribution >= 0.6 is 22.9 Å². The number of fused-ring (bicyclic) bond motifs is 3. The van der Waals surface area contributed by atoms with E-state index >= 15 is 0 Å². The van der Waals surface area contributed by atoms with Gasteiger partial charge in [-0.1, -0.05) is 25.4 Å². The predicted molar refractivity (Wildman–Crippen MR) is 106 cm³/mol. The average Bonchev–Trinajstić information content (AvgIpc) is 3.31. The van der Waals surface area contributed by atoms with E-state index in [-0.39, 0.29) is 0 Å². The van der Waals surface area contributed by atoms with Crippen LogP contribution in [-0.4, -0.2) is 14.8 Å². The lowest BCUT2D eigenvalue weighted by Crippen LogP contribution is -2.00. The maximum Gasteiger partial charge on any atom is 0.166 e. The van der Waals surface area contributed by atoms with Crippen molar-refractivity contribution in [2.45, 2.75) is 34.2 Å². The Morgan fingerprint density at radius 3 is 2.76 bits per heavy atom. The van der Waals surface area contributed by atoms with E-state index in [1.807, 2.05) is 51.6 Å². The molecule has 7 heteroatoms. The molecule has 4 aromatic rings. The number of nitrogens with zero attached hydrogens (tertiary/aromatic N) is 3. The van der Waals surface area contributed by atoms with Crippen LogP contribution in [0, 0.1) is 13.8 Å². The number of hydrogen-bond donors (Lipinski definition) is 1. The lowest BCUT2D eigenvalue weighted by molar-refractivity contribution is 0.517. The Morgan fingerprint density at radius 1 is 1.32 bits per heavy atom. The normalized spacial score (nSPS) is 11.0. The highest BCUT2D eigenvalue weighted by Gasteiger charge is 2.20. The third kappa shape index (κ3) is 3.00. The molecule has 0 aliphatic carbocycles. The SMILES string of the molecule is CC.Cc1nc2sc3c(NCc4ccco4)nn(C)c3c2c(C)c1Cl. The predicted octanol–water partition coefficient (Wildman–Crippen LogP) is 5.68. The molecule has 0 saturated heterocycles. The summed E-state index contributed by atoms with van der Waals surface area (Å²) in [5, 5.41) is 9.75. The molecule has 1 N–H and O–H groups in total. The summed E-state index contributed by atoms with van der Waals surface area (Å²) >= 11 is 8.02. The minimum Gasteiger partial charge on any atom is -0.467 e. The number of aromatic nitrogens is 3. The summed E-state index contributed by atoms with van der Waals surface area (Å²) in [5.41, 5.74) is 2.99. The summed E-state index contributed by atoms with van der Waals surface area (Å²) in [7, 11) is 1.94. The molecule has 25 heavy (non-hydrogen) atoms. The molecule has 0 aliphatic rings. The van der Waals surface area contributed by atoms with Gasteiger partial charge in [-0.3, -0.25) is 4.68 Å². The van der Waals surface area contributed by atoms with Gasteiger partial charge in [0.05, 0.1) is 33.7 Å². The molecule has 0 aromatic carbocycles. The van der Waals surface area contributed by atoms with E-state index in [9.17, 15) is 0 Å². The highest BCUT2D eigenvalue weighted by Crippen LogP contribution is 2.40. The monoisotopic (exact) mass is 376 g/mol. The molecule has 4 aromatic heterocycles. The first-order valence-corrected chi connectivity index (χ1v) is 9.44. The first-order chi connectivity index (χ1) is 12.1. The topological polar surface area (TPSA) is 55.9 Å². The van der Waals surface area contributed by atoms with Gasteiger partial charge in [-0.05, 0) is 31.5 Å². The van der Waals surface area contributed by atoms with Crippen molar-refractivity contribution in [1.82, 2.24) is 14.8 Å². The van der Waals surface area contributed by atoms with Crippen LogP contribution in [0.3, 0.4) is 0 Å². The Bertz CT molecular complexity index is 1020. The van der Waals surface area contributed by atoms with E-state index < -0.39 is 0 Å². The van der Waals surface area contributed by atoms with Crippen LogP contribution < -0.4 is 5.32 Å². The Hall–Kier alpha value is -2.05. The quantitative estimate of drug-likeness (QED) is 0.499. The smallest absolute Gasteiger partial charge is 0.166 e. The summed E-state index contributed by atoms with van der Waals surface area (Å²) in [6.07, 6.45) is 1.67. The number of nitrogens with one attached hydrogen (secondary N) is 1. The maximum atomic E-state index is 6.39. The van der Waals surface area contributed by atoms with E-state index in [1.165, 1.54) is 0 Å². The molecule has 132 valence electrons. The molecule has 0 saturated carbocycles. The van der Waals surface area contributed by atoms with Crippen molar-refractivity contribution in [2.24, 2.45) is 7.05 Å². The van der Waals surface area contributed by atoms with Crippen LogP contribution in [0.4, 0.5) is 5.82 Å². The fraction of sp³-hybridized carbons (Fsp3) is 0.333. The molecular formula is C18H21ClN4OS. The Kier molecular flexibility index (Phi) is 5.01. The molecule has 4 heterocycles. The van der Waals surface area contributed by atoms with Gasteiger partial charge in [-0.25, -0.2) is 4.98 Å². The highest BCUT2D eigenvalue weighted by atomic mass is 35.5. The maximum absolute atomic E-state index is 6.39. The molecule has 0 amide bonds. The first-order valence-electron chi connectivity index (χ1n) is 8.24. The third-order valence-electron chi connectivity index (χ3n) is 3.95. The third-order valence-corrected chi connectivity index (χ3v) is 5.59. The van der Waals surface area contributed by atoms with Crippen molar-refractivity contribution in [3.05, 3.63) is 40.4 Å². The van der Waals surface area contributed by atoms with E-state index in [2.05, 4.69) is 15.4 Å². The molecule has 0 radical (unpaired) electrons. The minimum atomic E-state index is 0.597. The standard InChI is InChI=1S/C16H15ClN4OS.C2H6/c1-8-11-13-14(23-16(11)19-9(2)12(8)17)15(20-21(13)3)18-7-10-5-4-6-22-10;1-2/h4-6H,7H2,1-3H3,(H,18,20);1-2H3. The molecule has 0 bridgehead atoms. The van der Waals surface area contributed by atoms with Crippen molar-refractivity contribution < 1.29 is 4.42 Å².